The van der Waals surface area contributed by atoms with Gasteiger partial charge in [0, 0.05) is 18.7 Å². The zero-order chi connectivity index (χ0) is 15.1. The molecule has 0 saturated heterocycles. The Labute approximate surface area is 123 Å². The molecule has 0 aliphatic carbocycles. The number of rotatable bonds is 8. The predicted molar refractivity (Wildman–Crippen MR) is 84.8 cm³/mol. The van der Waals surface area contributed by atoms with Gasteiger partial charge in [0.25, 0.3) is 5.69 Å². The first-order chi connectivity index (χ1) is 9.49. The Balaban J connectivity index is 2.75. The standard InChI is InChI=1S/C13H22N4O2S/c1-10(6-7-20-3)16(2)9-11-4-5-13(17(18)19)12(8-11)15-14/h4-5,8,10,15H,6-7,9,14H2,1-3H3. The number of thioether (sulfide) groups is 1. The van der Waals surface area contributed by atoms with E-state index in [1.54, 1.807) is 12.1 Å². The molecule has 3 N–H and O–H groups in total. The maximum Gasteiger partial charge on any atom is 0.293 e. The van der Waals surface area contributed by atoms with E-state index in [0.29, 0.717) is 11.7 Å². The first kappa shape index (κ1) is 16.7. The number of benzene rings is 1. The summed E-state index contributed by atoms with van der Waals surface area (Å²) in [6.07, 6.45) is 3.22. The van der Waals surface area contributed by atoms with Gasteiger partial charge in [0.15, 0.2) is 0 Å². The summed E-state index contributed by atoms with van der Waals surface area (Å²) >= 11 is 1.84. The SMILES string of the molecule is CSCCC(C)N(C)Cc1ccc([N+](=O)[O-])c(NN)c1. The van der Waals surface area contributed by atoms with E-state index in [-0.39, 0.29) is 5.69 Å². The fourth-order valence-electron chi connectivity index (χ4n) is 1.91. The molecule has 6 nitrogen and oxygen atoms in total. The van der Waals surface area contributed by atoms with Crippen LogP contribution in [0.15, 0.2) is 18.2 Å². The van der Waals surface area contributed by atoms with Gasteiger partial charge in [0.2, 0.25) is 0 Å². The van der Waals surface area contributed by atoms with Crippen molar-refractivity contribution in [2.45, 2.75) is 25.9 Å². The second-order valence-electron chi connectivity index (χ2n) is 4.80. The topological polar surface area (TPSA) is 84.4 Å². The second-order valence-corrected chi connectivity index (χ2v) is 5.78. The molecule has 0 amide bonds. The van der Waals surface area contributed by atoms with Crippen LogP contribution in [0.1, 0.15) is 18.9 Å². The largest absolute Gasteiger partial charge is 0.318 e. The normalized spacial score (nSPS) is 12.4. The molecule has 1 aromatic rings. The summed E-state index contributed by atoms with van der Waals surface area (Å²) < 4.78 is 0. The quantitative estimate of drug-likeness (QED) is 0.436. The minimum atomic E-state index is -0.441. The van der Waals surface area contributed by atoms with Crippen LogP contribution in [0.25, 0.3) is 0 Å². The number of nitrogen functional groups attached to an aromatic ring is 1. The number of nitrogens with two attached hydrogens (primary N) is 1. The first-order valence-corrected chi connectivity index (χ1v) is 7.82. The van der Waals surface area contributed by atoms with Crippen molar-refractivity contribution in [1.82, 2.24) is 4.90 Å². The maximum atomic E-state index is 10.8. The average Bonchev–Trinajstić information content (AvgIpc) is 2.44. The van der Waals surface area contributed by atoms with Crippen LogP contribution in [-0.2, 0) is 6.54 Å². The van der Waals surface area contributed by atoms with Crippen LogP contribution < -0.4 is 11.3 Å². The van der Waals surface area contributed by atoms with Crippen molar-refractivity contribution in [2.75, 3.05) is 24.5 Å². The fraction of sp³-hybridized carbons (Fsp3) is 0.538. The van der Waals surface area contributed by atoms with Crippen LogP contribution in [-0.4, -0.2) is 34.9 Å². The molecule has 20 heavy (non-hydrogen) atoms. The predicted octanol–water partition coefficient (Wildman–Crippen LogP) is 2.45. The van der Waals surface area contributed by atoms with Gasteiger partial charge in [-0.15, -0.1) is 0 Å². The van der Waals surface area contributed by atoms with Gasteiger partial charge in [-0.2, -0.15) is 11.8 Å². The molecular weight excluding hydrogens is 276 g/mol. The van der Waals surface area contributed by atoms with Gasteiger partial charge < -0.3 is 5.43 Å². The summed E-state index contributed by atoms with van der Waals surface area (Å²) in [5, 5.41) is 10.8. The van der Waals surface area contributed by atoms with Crippen molar-refractivity contribution < 1.29 is 4.92 Å². The lowest BCUT2D eigenvalue weighted by molar-refractivity contribution is -0.384. The number of hydrogen-bond acceptors (Lipinski definition) is 6. The Morgan fingerprint density at radius 3 is 2.80 bits per heavy atom. The molecule has 0 spiro atoms. The molecule has 0 radical (unpaired) electrons. The third kappa shape index (κ3) is 4.66. The second kappa shape index (κ2) is 8.08. The van der Waals surface area contributed by atoms with Crippen LogP contribution in [0.2, 0.25) is 0 Å². The van der Waals surface area contributed by atoms with Gasteiger partial charge in [-0.25, -0.2) is 0 Å². The van der Waals surface area contributed by atoms with Gasteiger partial charge in [-0.3, -0.25) is 20.9 Å². The van der Waals surface area contributed by atoms with Crippen molar-refractivity contribution in [2.24, 2.45) is 5.84 Å². The van der Waals surface area contributed by atoms with Crippen molar-refractivity contribution in [3.63, 3.8) is 0 Å². The van der Waals surface area contributed by atoms with Crippen LogP contribution in [0.4, 0.5) is 11.4 Å². The van der Waals surface area contributed by atoms with E-state index < -0.39 is 4.92 Å². The number of nitrogens with one attached hydrogen (secondary N) is 1. The van der Waals surface area contributed by atoms with Gasteiger partial charge in [0.1, 0.15) is 5.69 Å². The summed E-state index contributed by atoms with van der Waals surface area (Å²) in [5.41, 5.74) is 3.73. The molecule has 0 aliphatic rings. The maximum absolute atomic E-state index is 10.8. The van der Waals surface area contributed by atoms with E-state index in [9.17, 15) is 10.1 Å². The van der Waals surface area contributed by atoms with Crippen LogP contribution in [0.5, 0.6) is 0 Å². The number of nitro benzene ring substituents is 1. The highest BCUT2D eigenvalue weighted by molar-refractivity contribution is 7.98. The van der Waals surface area contributed by atoms with Crippen molar-refractivity contribution in [3.05, 3.63) is 33.9 Å². The van der Waals surface area contributed by atoms with Crippen molar-refractivity contribution >= 4 is 23.1 Å². The summed E-state index contributed by atoms with van der Waals surface area (Å²) in [6, 6.07) is 5.46. The third-order valence-electron chi connectivity index (χ3n) is 3.34. The molecule has 112 valence electrons. The molecular formula is C13H22N4O2S. The summed E-state index contributed by atoms with van der Waals surface area (Å²) in [7, 11) is 2.06. The molecule has 0 aromatic heterocycles. The molecule has 0 fully saturated rings. The highest BCUT2D eigenvalue weighted by atomic mass is 32.2. The van der Waals surface area contributed by atoms with E-state index >= 15 is 0 Å². The minimum absolute atomic E-state index is 0.00525. The molecule has 1 atom stereocenters. The first-order valence-electron chi connectivity index (χ1n) is 6.42. The molecule has 0 heterocycles. The molecule has 0 aliphatic heterocycles. The fourth-order valence-corrected chi connectivity index (χ4v) is 2.49. The smallest absolute Gasteiger partial charge is 0.293 e. The summed E-state index contributed by atoms with van der Waals surface area (Å²) in [4.78, 5) is 12.6. The Hall–Kier alpha value is -1.31. The van der Waals surface area contributed by atoms with Gasteiger partial charge >= 0.3 is 0 Å². The lowest BCUT2D eigenvalue weighted by Gasteiger charge is -2.24. The molecule has 7 heteroatoms. The highest BCUT2D eigenvalue weighted by Crippen LogP contribution is 2.25. The molecule has 1 rings (SSSR count). The Morgan fingerprint density at radius 1 is 1.55 bits per heavy atom. The van der Waals surface area contributed by atoms with E-state index in [0.717, 1.165) is 24.3 Å². The molecule has 0 saturated carbocycles. The Bertz CT molecular complexity index is 456. The van der Waals surface area contributed by atoms with Gasteiger partial charge in [0.05, 0.1) is 4.92 Å². The summed E-state index contributed by atoms with van der Waals surface area (Å²) in [5.74, 6) is 6.47. The van der Waals surface area contributed by atoms with Crippen LogP contribution in [0, 0.1) is 10.1 Å². The van der Waals surface area contributed by atoms with Crippen molar-refractivity contribution in [3.8, 4) is 0 Å². The average molecular weight is 298 g/mol. The number of hydrogen-bond donors (Lipinski definition) is 2. The third-order valence-corrected chi connectivity index (χ3v) is 3.98. The number of nitrogens with zero attached hydrogens (tertiary/aromatic N) is 2. The monoisotopic (exact) mass is 298 g/mol. The van der Waals surface area contributed by atoms with Crippen molar-refractivity contribution in [1.29, 1.82) is 0 Å². The zero-order valence-electron chi connectivity index (χ0n) is 12.1. The Morgan fingerprint density at radius 2 is 2.25 bits per heavy atom. The van der Waals surface area contributed by atoms with Crippen LogP contribution in [0.3, 0.4) is 0 Å². The lowest BCUT2D eigenvalue weighted by Crippen LogP contribution is -2.29. The lowest BCUT2D eigenvalue weighted by atomic mass is 10.1. The van der Waals surface area contributed by atoms with E-state index in [2.05, 4.69) is 30.6 Å². The van der Waals surface area contributed by atoms with Crippen LogP contribution >= 0.6 is 11.8 Å². The van der Waals surface area contributed by atoms with E-state index in [4.69, 9.17) is 5.84 Å². The number of hydrazine groups is 1. The van der Waals surface area contributed by atoms with E-state index in [1.807, 2.05) is 11.8 Å². The minimum Gasteiger partial charge on any atom is -0.318 e. The van der Waals surface area contributed by atoms with Gasteiger partial charge in [-0.1, -0.05) is 6.07 Å². The molecule has 1 aromatic carbocycles. The number of anilines is 1. The molecule has 1 unspecified atom stereocenters. The molecule has 0 bridgehead atoms. The number of nitro groups is 1. The highest BCUT2D eigenvalue weighted by Gasteiger charge is 2.15. The van der Waals surface area contributed by atoms with Gasteiger partial charge in [-0.05, 0) is 44.0 Å². The zero-order valence-corrected chi connectivity index (χ0v) is 12.9. The Kier molecular flexibility index (Phi) is 6.77. The van der Waals surface area contributed by atoms with E-state index in [1.165, 1.54) is 6.07 Å². The summed E-state index contributed by atoms with van der Waals surface area (Å²) in [6.45, 7) is 2.92.